The van der Waals surface area contributed by atoms with Gasteiger partial charge < -0.3 is 10.2 Å². The predicted octanol–water partition coefficient (Wildman–Crippen LogP) is 1.69. The standard InChI is InChI=1S/C10H20N2O/c1-7(2)11-10(13)12-5-8(3)9(4)6-12/h7-9H,5-6H2,1-4H3,(H,11,13). The highest BCUT2D eigenvalue weighted by Crippen LogP contribution is 2.21. The fourth-order valence-corrected chi connectivity index (χ4v) is 1.63. The molecule has 0 spiro atoms. The van der Waals surface area contributed by atoms with Gasteiger partial charge >= 0.3 is 6.03 Å². The Balaban J connectivity index is 2.42. The number of rotatable bonds is 1. The molecule has 0 aromatic carbocycles. The summed E-state index contributed by atoms with van der Waals surface area (Å²) in [4.78, 5) is 13.5. The number of nitrogens with one attached hydrogen (secondary N) is 1. The number of carbonyl (C=O) groups is 1. The van der Waals surface area contributed by atoms with Crippen LogP contribution in [0.4, 0.5) is 4.79 Å². The van der Waals surface area contributed by atoms with E-state index in [1.54, 1.807) is 0 Å². The number of carbonyl (C=O) groups excluding carboxylic acids is 1. The second-order valence-electron chi connectivity index (χ2n) is 4.46. The van der Waals surface area contributed by atoms with E-state index in [0.29, 0.717) is 11.8 Å². The predicted molar refractivity (Wildman–Crippen MR) is 53.6 cm³/mol. The Labute approximate surface area is 80.5 Å². The zero-order valence-electron chi connectivity index (χ0n) is 9.00. The van der Waals surface area contributed by atoms with E-state index in [1.807, 2.05) is 18.7 Å². The molecule has 0 bridgehead atoms. The number of hydrogen-bond acceptors (Lipinski definition) is 1. The third-order valence-corrected chi connectivity index (χ3v) is 2.69. The maximum absolute atomic E-state index is 11.6. The first-order valence-electron chi connectivity index (χ1n) is 5.06. The van der Waals surface area contributed by atoms with Crippen molar-refractivity contribution in [2.75, 3.05) is 13.1 Å². The van der Waals surface area contributed by atoms with Gasteiger partial charge in [-0.05, 0) is 25.7 Å². The third kappa shape index (κ3) is 2.61. The summed E-state index contributed by atoms with van der Waals surface area (Å²) in [5.74, 6) is 1.27. The molecule has 0 saturated carbocycles. The number of urea groups is 1. The Bertz CT molecular complexity index is 181. The molecule has 13 heavy (non-hydrogen) atoms. The molecule has 2 unspecified atom stereocenters. The summed E-state index contributed by atoms with van der Waals surface area (Å²) in [6.07, 6.45) is 0. The fraction of sp³-hybridized carbons (Fsp3) is 0.900. The van der Waals surface area contributed by atoms with Crippen LogP contribution in [-0.4, -0.2) is 30.1 Å². The van der Waals surface area contributed by atoms with Gasteiger partial charge in [-0.2, -0.15) is 0 Å². The molecular weight excluding hydrogens is 164 g/mol. The van der Waals surface area contributed by atoms with Crippen molar-refractivity contribution in [3.63, 3.8) is 0 Å². The normalized spacial score (nSPS) is 28.2. The van der Waals surface area contributed by atoms with Crippen molar-refractivity contribution < 1.29 is 4.79 Å². The molecule has 1 rings (SSSR count). The smallest absolute Gasteiger partial charge is 0.317 e. The zero-order valence-corrected chi connectivity index (χ0v) is 9.00. The van der Waals surface area contributed by atoms with Crippen LogP contribution in [0.2, 0.25) is 0 Å². The molecule has 1 saturated heterocycles. The van der Waals surface area contributed by atoms with Crippen LogP contribution in [0.25, 0.3) is 0 Å². The lowest BCUT2D eigenvalue weighted by atomic mass is 10.0. The fourth-order valence-electron chi connectivity index (χ4n) is 1.63. The summed E-state index contributed by atoms with van der Waals surface area (Å²) in [7, 11) is 0. The second-order valence-corrected chi connectivity index (χ2v) is 4.46. The van der Waals surface area contributed by atoms with Gasteiger partial charge in [-0.15, -0.1) is 0 Å². The summed E-state index contributed by atoms with van der Waals surface area (Å²) in [6, 6.07) is 0.324. The van der Waals surface area contributed by atoms with Crippen molar-refractivity contribution in [2.45, 2.75) is 33.7 Å². The zero-order chi connectivity index (χ0) is 10.0. The molecule has 0 aromatic heterocycles. The van der Waals surface area contributed by atoms with Crippen molar-refractivity contribution in [3.05, 3.63) is 0 Å². The molecule has 2 atom stereocenters. The van der Waals surface area contributed by atoms with E-state index in [-0.39, 0.29) is 12.1 Å². The second kappa shape index (κ2) is 3.99. The molecule has 1 aliphatic heterocycles. The van der Waals surface area contributed by atoms with Gasteiger partial charge in [0.1, 0.15) is 0 Å². The maximum Gasteiger partial charge on any atom is 0.317 e. The lowest BCUT2D eigenvalue weighted by Crippen LogP contribution is -2.41. The van der Waals surface area contributed by atoms with Gasteiger partial charge in [0.25, 0.3) is 0 Å². The molecule has 0 aliphatic carbocycles. The lowest BCUT2D eigenvalue weighted by molar-refractivity contribution is 0.204. The van der Waals surface area contributed by atoms with E-state index < -0.39 is 0 Å². The highest BCUT2D eigenvalue weighted by Gasteiger charge is 2.29. The quantitative estimate of drug-likeness (QED) is 0.661. The van der Waals surface area contributed by atoms with Crippen LogP contribution in [0.3, 0.4) is 0 Å². The summed E-state index contributed by atoms with van der Waals surface area (Å²) in [5, 5.41) is 2.91. The van der Waals surface area contributed by atoms with Crippen LogP contribution in [0.15, 0.2) is 0 Å². The number of nitrogens with zero attached hydrogens (tertiary/aromatic N) is 1. The Morgan fingerprint density at radius 1 is 1.31 bits per heavy atom. The van der Waals surface area contributed by atoms with E-state index in [0.717, 1.165) is 13.1 Å². The van der Waals surface area contributed by atoms with Gasteiger partial charge in [0.05, 0.1) is 0 Å². The van der Waals surface area contributed by atoms with Crippen molar-refractivity contribution in [2.24, 2.45) is 11.8 Å². The maximum atomic E-state index is 11.6. The lowest BCUT2D eigenvalue weighted by Gasteiger charge is -2.18. The number of hydrogen-bond donors (Lipinski definition) is 1. The van der Waals surface area contributed by atoms with Crippen molar-refractivity contribution >= 4 is 6.03 Å². The molecule has 1 heterocycles. The summed E-state index contributed by atoms with van der Waals surface area (Å²) in [6.45, 7) is 10.2. The molecule has 0 radical (unpaired) electrons. The summed E-state index contributed by atoms with van der Waals surface area (Å²) >= 11 is 0. The van der Waals surface area contributed by atoms with Crippen LogP contribution in [0.1, 0.15) is 27.7 Å². The first-order valence-corrected chi connectivity index (χ1v) is 5.06. The highest BCUT2D eigenvalue weighted by atomic mass is 16.2. The van der Waals surface area contributed by atoms with E-state index in [4.69, 9.17) is 0 Å². The minimum absolute atomic E-state index is 0.0891. The molecule has 1 N–H and O–H groups in total. The monoisotopic (exact) mass is 184 g/mol. The van der Waals surface area contributed by atoms with Crippen molar-refractivity contribution in [1.82, 2.24) is 10.2 Å². The number of likely N-dealkylation sites (tertiary alicyclic amines) is 1. The number of amides is 2. The summed E-state index contributed by atoms with van der Waals surface area (Å²) < 4.78 is 0. The van der Waals surface area contributed by atoms with Gasteiger partial charge in [0.15, 0.2) is 0 Å². The van der Waals surface area contributed by atoms with Gasteiger partial charge in [-0.1, -0.05) is 13.8 Å². The first-order chi connectivity index (χ1) is 6.00. The first kappa shape index (κ1) is 10.4. The average molecular weight is 184 g/mol. The van der Waals surface area contributed by atoms with Crippen molar-refractivity contribution in [1.29, 1.82) is 0 Å². The minimum Gasteiger partial charge on any atom is -0.336 e. The van der Waals surface area contributed by atoms with Crippen LogP contribution in [-0.2, 0) is 0 Å². The summed E-state index contributed by atoms with van der Waals surface area (Å²) in [5.41, 5.74) is 0. The molecule has 76 valence electrons. The molecule has 0 aromatic rings. The Kier molecular flexibility index (Phi) is 3.17. The van der Waals surface area contributed by atoms with Crippen LogP contribution in [0, 0.1) is 11.8 Å². The van der Waals surface area contributed by atoms with Gasteiger partial charge in [-0.3, -0.25) is 0 Å². The molecule has 3 heteroatoms. The highest BCUT2D eigenvalue weighted by molar-refractivity contribution is 5.74. The Hall–Kier alpha value is -0.730. The SMILES string of the molecule is CC(C)NC(=O)N1CC(C)C(C)C1. The molecular formula is C10H20N2O. The minimum atomic E-state index is 0.0891. The van der Waals surface area contributed by atoms with E-state index in [2.05, 4.69) is 19.2 Å². The van der Waals surface area contributed by atoms with E-state index in [9.17, 15) is 4.79 Å². The molecule has 1 aliphatic rings. The van der Waals surface area contributed by atoms with E-state index in [1.165, 1.54) is 0 Å². The molecule has 2 amide bonds. The topological polar surface area (TPSA) is 32.3 Å². The van der Waals surface area contributed by atoms with Gasteiger partial charge in [-0.25, -0.2) is 4.79 Å². The molecule has 3 nitrogen and oxygen atoms in total. The van der Waals surface area contributed by atoms with E-state index >= 15 is 0 Å². The largest absolute Gasteiger partial charge is 0.336 e. The Morgan fingerprint density at radius 2 is 1.77 bits per heavy atom. The Morgan fingerprint density at radius 3 is 2.15 bits per heavy atom. The van der Waals surface area contributed by atoms with Gasteiger partial charge in [0.2, 0.25) is 0 Å². The van der Waals surface area contributed by atoms with Gasteiger partial charge in [0, 0.05) is 19.1 Å². The van der Waals surface area contributed by atoms with Crippen LogP contribution in [0.5, 0.6) is 0 Å². The third-order valence-electron chi connectivity index (χ3n) is 2.69. The molecule has 1 fully saturated rings. The van der Waals surface area contributed by atoms with Crippen molar-refractivity contribution in [3.8, 4) is 0 Å². The van der Waals surface area contributed by atoms with Crippen LogP contribution >= 0.6 is 0 Å². The van der Waals surface area contributed by atoms with Crippen LogP contribution < -0.4 is 5.32 Å². The average Bonchev–Trinajstić information content (AvgIpc) is 2.31.